The first-order valence-electron chi connectivity index (χ1n) is 10.7. The highest BCUT2D eigenvalue weighted by atomic mass is 35.5. The van der Waals surface area contributed by atoms with Crippen molar-refractivity contribution < 1.29 is 0 Å². The lowest BCUT2D eigenvalue weighted by atomic mass is 9.94. The number of hydrogen-bond acceptors (Lipinski definition) is 2. The summed E-state index contributed by atoms with van der Waals surface area (Å²) in [6, 6.07) is 14.6. The zero-order valence-electron chi connectivity index (χ0n) is 17.7. The second-order valence-electron chi connectivity index (χ2n) is 9.66. The van der Waals surface area contributed by atoms with E-state index < -0.39 is 0 Å². The van der Waals surface area contributed by atoms with E-state index in [2.05, 4.69) is 48.7 Å². The molecule has 0 amide bonds. The number of hydrogen-bond donors (Lipinski definition) is 2. The van der Waals surface area contributed by atoms with E-state index in [-0.39, 0.29) is 0 Å². The maximum Gasteiger partial charge on any atom is 0.0594 e. The average molecular weight is 431 g/mol. The van der Waals surface area contributed by atoms with Crippen molar-refractivity contribution in [2.45, 2.75) is 39.0 Å². The van der Waals surface area contributed by atoms with Crippen molar-refractivity contribution >= 4 is 23.2 Å². The molecule has 4 unspecified atom stereocenters. The van der Waals surface area contributed by atoms with Crippen molar-refractivity contribution in [1.29, 1.82) is 0 Å². The van der Waals surface area contributed by atoms with E-state index in [1.807, 2.05) is 19.1 Å². The molecule has 4 atom stereocenters. The second kappa shape index (κ2) is 8.23. The van der Waals surface area contributed by atoms with Crippen molar-refractivity contribution in [3.05, 3.63) is 69.2 Å². The van der Waals surface area contributed by atoms with Crippen LogP contribution in [0.3, 0.4) is 0 Å². The summed E-state index contributed by atoms with van der Waals surface area (Å²) in [5, 5.41) is 8.07. The minimum absolute atomic E-state index is 0.535. The van der Waals surface area contributed by atoms with Crippen molar-refractivity contribution in [3.63, 3.8) is 0 Å². The minimum Gasteiger partial charge on any atom is -0.316 e. The first-order valence-corrected chi connectivity index (χ1v) is 11.5. The first-order chi connectivity index (χ1) is 13.8. The van der Waals surface area contributed by atoms with Crippen LogP contribution in [0.2, 0.25) is 10.0 Å². The van der Waals surface area contributed by atoms with Crippen molar-refractivity contribution in [1.82, 2.24) is 10.6 Å². The lowest BCUT2D eigenvalue weighted by molar-refractivity contribution is 0.576. The molecule has 6 rings (SSSR count). The smallest absolute Gasteiger partial charge is 0.0594 e. The maximum atomic E-state index is 5.68. The molecule has 2 nitrogen and oxygen atoms in total. The van der Waals surface area contributed by atoms with Crippen LogP contribution >= 0.6 is 23.2 Å². The molecule has 0 bridgehead atoms. The molecule has 2 aliphatic carbocycles. The van der Waals surface area contributed by atoms with Gasteiger partial charge in [0.15, 0.2) is 0 Å². The summed E-state index contributed by atoms with van der Waals surface area (Å²) in [6.07, 6.45) is 2.89. The van der Waals surface area contributed by atoms with E-state index in [0.29, 0.717) is 15.5 Å². The van der Waals surface area contributed by atoms with Gasteiger partial charge in [-0.15, -0.1) is 0 Å². The van der Waals surface area contributed by atoms with Gasteiger partial charge in [0.2, 0.25) is 0 Å². The van der Waals surface area contributed by atoms with Gasteiger partial charge in [0.1, 0.15) is 0 Å². The number of nitrogens with one attached hydrogen (secondary N) is 2. The molecule has 2 aliphatic heterocycles. The SMILES string of the molecule is CC12CNCC1C2.Cc1ccc(C23CNCC2C3)cc1.Cc1ccc(Cl)c(Cl)c1. The topological polar surface area (TPSA) is 24.1 Å². The molecule has 2 aromatic carbocycles. The Morgan fingerprint density at radius 2 is 1.45 bits per heavy atom. The van der Waals surface area contributed by atoms with Crippen LogP contribution in [0, 0.1) is 31.1 Å². The molecule has 0 spiro atoms. The lowest BCUT2D eigenvalue weighted by Crippen LogP contribution is -2.19. The standard InChI is InChI=1S/C12H15N.C7H6Cl2.C6H11N/c1-9-2-4-10(5-3-9)12-6-11(12)7-13-8-12;1-5-2-3-6(8)7(9)4-5;1-6-2-5(6)3-7-4-6/h2-5,11,13H,6-8H2,1H3;2-4H,1H3;5,7H,2-4H2,1H3. The van der Waals surface area contributed by atoms with E-state index in [1.165, 1.54) is 44.6 Å². The molecule has 4 fully saturated rings. The maximum absolute atomic E-state index is 5.68. The Balaban J connectivity index is 0.000000112. The third-order valence-corrected chi connectivity index (χ3v) is 7.96. The van der Waals surface area contributed by atoms with Crippen LogP contribution in [0.1, 0.15) is 36.5 Å². The fraction of sp³-hybridized carbons (Fsp3) is 0.520. The molecule has 2 heterocycles. The number of halogens is 2. The summed E-state index contributed by atoms with van der Waals surface area (Å²) in [5.74, 6) is 1.97. The van der Waals surface area contributed by atoms with E-state index in [9.17, 15) is 0 Å². The average Bonchev–Trinajstić information content (AvgIpc) is 3.46. The number of piperidine rings is 2. The fourth-order valence-electron chi connectivity index (χ4n) is 4.85. The van der Waals surface area contributed by atoms with Crippen LogP contribution < -0.4 is 10.6 Å². The second-order valence-corrected chi connectivity index (χ2v) is 10.5. The van der Waals surface area contributed by atoms with Gasteiger partial charge in [-0.05, 0) is 80.3 Å². The summed E-state index contributed by atoms with van der Waals surface area (Å²) in [7, 11) is 0. The molecule has 2 saturated carbocycles. The highest BCUT2D eigenvalue weighted by Gasteiger charge is 2.57. The molecule has 0 radical (unpaired) electrons. The van der Waals surface area contributed by atoms with Crippen LogP contribution in [0.15, 0.2) is 42.5 Å². The van der Waals surface area contributed by atoms with Gasteiger partial charge in [-0.2, -0.15) is 0 Å². The van der Waals surface area contributed by atoms with Gasteiger partial charge in [0.25, 0.3) is 0 Å². The molecular formula is C25H32Cl2N2. The van der Waals surface area contributed by atoms with Crippen molar-refractivity contribution in [2.24, 2.45) is 17.3 Å². The van der Waals surface area contributed by atoms with Gasteiger partial charge in [-0.25, -0.2) is 0 Å². The molecule has 2 aromatic rings. The highest BCUT2D eigenvalue weighted by Crippen LogP contribution is 2.56. The van der Waals surface area contributed by atoms with Gasteiger partial charge in [-0.1, -0.05) is 66.0 Å². The molecule has 29 heavy (non-hydrogen) atoms. The Hall–Kier alpha value is -1.06. The van der Waals surface area contributed by atoms with Crippen LogP contribution in [-0.4, -0.2) is 26.2 Å². The summed E-state index contributed by atoms with van der Waals surface area (Å²) in [5.41, 5.74) is 5.33. The molecule has 4 aliphatic rings. The Morgan fingerprint density at radius 3 is 1.86 bits per heavy atom. The van der Waals surface area contributed by atoms with Crippen molar-refractivity contribution in [3.8, 4) is 0 Å². The normalized spacial score (nSPS) is 32.9. The molecule has 0 aromatic heterocycles. The van der Waals surface area contributed by atoms with Gasteiger partial charge in [-0.3, -0.25) is 0 Å². The minimum atomic E-state index is 0.535. The summed E-state index contributed by atoms with van der Waals surface area (Å²) in [4.78, 5) is 0. The van der Waals surface area contributed by atoms with Gasteiger partial charge in [0, 0.05) is 18.5 Å². The first kappa shape index (κ1) is 21.2. The van der Waals surface area contributed by atoms with Crippen LogP contribution in [0.25, 0.3) is 0 Å². The number of benzene rings is 2. The summed E-state index contributed by atoms with van der Waals surface area (Å²) >= 11 is 11.3. The van der Waals surface area contributed by atoms with Gasteiger partial charge < -0.3 is 10.6 Å². The Bertz CT molecular complexity index is 864. The molecule has 2 N–H and O–H groups in total. The Kier molecular flexibility index (Phi) is 6.01. The lowest BCUT2D eigenvalue weighted by Gasteiger charge is -2.11. The predicted octanol–water partition coefficient (Wildman–Crippen LogP) is 5.77. The third-order valence-electron chi connectivity index (χ3n) is 7.22. The zero-order chi connectivity index (χ0) is 20.6. The molecule has 2 saturated heterocycles. The van der Waals surface area contributed by atoms with Crippen LogP contribution in [0.5, 0.6) is 0 Å². The quantitative estimate of drug-likeness (QED) is 0.599. The molecular weight excluding hydrogens is 399 g/mol. The summed E-state index contributed by atoms with van der Waals surface area (Å²) < 4.78 is 0. The Morgan fingerprint density at radius 1 is 0.793 bits per heavy atom. The number of aryl methyl sites for hydroxylation is 2. The largest absolute Gasteiger partial charge is 0.316 e. The van der Waals surface area contributed by atoms with Crippen LogP contribution in [0.4, 0.5) is 0 Å². The van der Waals surface area contributed by atoms with E-state index in [0.717, 1.165) is 22.8 Å². The third kappa shape index (κ3) is 4.66. The number of rotatable bonds is 1. The van der Waals surface area contributed by atoms with E-state index >= 15 is 0 Å². The molecule has 4 heteroatoms. The fourth-order valence-corrected chi connectivity index (χ4v) is 5.20. The van der Waals surface area contributed by atoms with E-state index in [4.69, 9.17) is 23.2 Å². The highest BCUT2D eigenvalue weighted by molar-refractivity contribution is 6.42. The Labute approximate surface area is 185 Å². The van der Waals surface area contributed by atoms with E-state index in [1.54, 1.807) is 11.6 Å². The molecule has 156 valence electrons. The monoisotopic (exact) mass is 430 g/mol. The van der Waals surface area contributed by atoms with Gasteiger partial charge >= 0.3 is 0 Å². The van der Waals surface area contributed by atoms with Gasteiger partial charge in [0.05, 0.1) is 10.0 Å². The zero-order valence-corrected chi connectivity index (χ0v) is 19.2. The number of fused-ring (bicyclic) bond motifs is 2. The van der Waals surface area contributed by atoms with Crippen molar-refractivity contribution in [2.75, 3.05) is 26.2 Å². The predicted molar refractivity (Wildman–Crippen MR) is 124 cm³/mol. The summed E-state index contributed by atoms with van der Waals surface area (Å²) in [6.45, 7) is 11.5. The van der Waals surface area contributed by atoms with Crippen LogP contribution in [-0.2, 0) is 5.41 Å².